The predicted molar refractivity (Wildman–Crippen MR) is 98.3 cm³/mol. The van der Waals surface area contributed by atoms with Gasteiger partial charge in [-0.1, -0.05) is 18.2 Å². The molecule has 136 valence electrons. The van der Waals surface area contributed by atoms with Gasteiger partial charge in [-0.25, -0.2) is 4.39 Å². The van der Waals surface area contributed by atoms with Crippen molar-refractivity contribution in [2.45, 2.75) is 25.8 Å². The van der Waals surface area contributed by atoms with Crippen LogP contribution < -0.4 is 0 Å². The molecule has 0 aliphatic carbocycles. The van der Waals surface area contributed by atoms with E-state index in [1.165, 1.54) is 23.5 Å². The van der Waals surface area contributed by atoms with Gasteiger partial charge in [0.05, 0.1) is 4.88 Å². The lowest BCUT2D eigenvalue weighted by molar-refractivity contribution is -0.128. The van der Waals surface area contributed by atoms with Crippen molar-refractivity contribution in [1.29, 1.82) is 0 Å². The highest BCUT2D eigenvalue weighted by Gasteiger charge is 2.45. The summed E-state index contributed by atoms with van der Waals surface area (Å²) >= 11 is 1.47. The summed E-state index contributed by atoms with van der Waals surface area (Å²) in [5.41, 5.74) is 0.775. The van der Waals surface area contributed by atoms with Crippen molar-refractivity contribution < 1.29 is 14.0 Å². The molecule has 2 aliphatic rings. The zero-order valence-corrected chi connectivity index (χ0v) is 15.3. The van der Waals surface area contributed by atoms with Crippen LogP contribution in [0.25, 0.3) is 0 Å². The minimum absolute atomic E-state index is 0.0450. The van der Waals surface area contributed by atoms with Gasteiger partial charge in [-0.15, -0.1) is 11.3 Å². The Bertz CT molecular complexity index is 813. The Hall–Kier alpha value is -2.21. The normalized spacial score (nSPS) is 19.3. The third kappa shape index (κ3) is 3.38. The Morgan fingerprint density at radius 3 is 2.69 bits per heavy atom. The van der Waals surface area contributed by atoms with Gasteiger partial charge in [0.25, 0.3) is 5.91 Å². The highest BCUT2D eigenvalue weighted by Crippen LogP contribution is 2.41. The lowest BCUT2D eigenvalue weighted by atomic mass is 9.77. The molecule has 6 heteroatoms. The summed E-state index contributed by atoms with van der Waals surface area (Å²) in [7, 11) is 0. The summed E-state index contributed by atoms with van der Waals surface area (Å²) in [5, 5.41) is 1.92. The van der Waals surface area contributed by atoms with Crippen molar-refractivity contribution in [2.24, 2.45) is 5.41 Å². The second kappa shape index (κ2) is 6.83. The van der Waals surface area contributed by atoms with Crippen LogP contribution in [-0.4, -0.2) is 41.2 Å². The minimum Gasteiger partial charge on any atom is -0.338 e. The third-order valence-electron chi connectivity index (χ3n) is 5.51. The SMILES string of the molecule is O=C1CC2(CCN(C(=O)c3cccs3)CC2)CN1Cc1cccc(F)c1. The molecule has 2 aliphatic heterocycles. The van der Waals surface area contributed by atoms with E-state index in [4.69, 9.17) is 0 Å². The fraction of sp³-hybridized carbons (Fsp3) is 0.400. The van der Waals surface area contributed by atoms with E-state index in [0.717, 1.165) is 23.3 Å². The van der Waals surface area contributed by atoms with Gasteiger partial charge in [0.1, 0.15) is 5.82 Å². The molecule has 1 aromatic carbocycles. The highest BCUT2D eigenvalue weighted by molar-refractivity contribution is 7.12. The second-order valence-electron chi connectivity index (χ2n) is 7.33. The summed E-state index contributed by atoms with van der Waals surface area (Å²) in [5.74, 6) is -0.0488. The number of halogens is 1. The molecule has 0 radical (unpaired) electrons. The van der Waals surface area contributed by atoms with Gasteiger partial charge in [0.15, 0.2) is 0 Å². The van der Waals surface area contributed by atoms with E-state index in [0.29, 0.717) is 32.6 Å². The first-order valence-electron chi connectivity index (χ1n) is 8.90. The Kier molecular flexibility index (Phi) is 4.53. The average molecular weight is 372 g/mol. The standard InChI is InChI=1S/C20H21FN2O2S/c21-16-4-1-3-15(11-16)13-23-14-20(12-18(23)24)6-8-22(9-7-20)19(25)17-5-2-10-26-17/h1-5,10-11H,6-9,12-14H2. The predicted octanol–water partition coefficient (Wildman–Crippen LogP) is 3.54. The first kappa shape index (κ1) is 17.2. The number of thiophene rings is 1. The van der Waals surface area contributed by atoms with Crippen molar-refractivity contribution >= 4 is 23.2 Å². The van der Waals surface area contributed by atoms with Crippen LogP contribution in [0.1, 0.15) is 34.5 Å². The molecule has 1 aromatic heterocycles. The topological polar surface area (TPSA) is 40.6 Å². The van der Waals surface area contributed by atoms with E-state index in [-0.39, 0.29) is 23.0 Å². The monoisotopic (exact) mass is 372 g/mol. The Balaban J connectivity index is 1.38. The van der Waals surface area contributed by atoms with Crippen LogP contribution >= 0.6 is 11.3 Å². The molecule has 4 rings (SSSR count). The number of hydrogen-bond donors (Lipinski definition) is 0. The molecule has 2 saturated heterocycles. The number of piperidine rings is 1. The molecule has 1 spiro atoms. The molecule has 3 heterocycles. The number of rotatable bonds is 3. The Morgan fingerprint density at radius 2 is 2.00 bits per heavy atom. The van der Waals surface area contributed by atoms with Crippen LogP contribution in [0.5, 0.6) is 0 Å². The molecule has 0 N–H and O–H groups in total. The summed E-state index contributed by atoms with van der Waals surface area (Å²) in [6.07, 6.45) is 2.22. The molecule has 2 amide bonds. The minimum atomic E-state index is -0.274. The maximum atomic E-state index is 13.4. The third-order valence-corrected chi connectivity index (χ3v) is 6.37. The number of carbonyl (C=O) groups is 2. The van der Waals surface area contributed by atoms with Crippen LogP contribution in [0.15, 0.2) is 41.8 Å². The zero-order chi connectivity index (χ0) is 18.1. The number of amides is 2. The van der Waals surface area contributed by atoms with Crippen molar-refractivity contribution in [3.8, 4) is 0 Å². The summed E-state index contributed by atoms with van der Waals surface area (Å²) in [6, 6.07) is 10.2. The number of nitrogens with zero attached hydrogens (tertiary/aromatic N) is 2. The van der Waals surface area contributed by atoms with E-state index in [9.17, 15) is 14.0 Å². The number of likely N-dealkylation sites (tertiary alicyclic amines) is 2. The van der Waals surface area contributed by atoms with Crippen molar-refractivity contribution in [2.75, 3.05) is 19.6 Å². The molecular weight excluding hydrogens is 351 g/mol. The quantitative estimate of drug-likeness (QED) is 0.827. The maximum absolute atomic E-state index is 13.4. The van der Waals surface area contributed by atoms with E-state index < -0.39 is 0 Å². The van der Waals surface area contributed by atoms with Crippen LogP contribution in [0, 0.1) is 11.2 Å². The lowest BCUT2D eigenvalue weighted by Crippen LogP contribution is -2.44. The molecule has 0 bridgehead atoms. The second-order valence-corrected chi connectivity index (χ2v) is 8.27. The van der Waals surface area contributed by atoms with E-state index in [1.54, 1.807) is 6.07 Å². The van der Waals surface area contributed by atoms with Crippen molar-refractivity contribution in [1.82, 2.24) is 9.80 Å². The molecular formula is C20H21FN2O2S. The van der Waals surface area contributed by atoms with E-state index in [1.807, 2.05) is 33.4 Å². The van der Waals surface area contributed by atoms with Gasteiger partial charge in [0.2, 0.25) is 5.91 Å². The fourth-order valence-electron chi connectivity index (χ4n) is 4.06. The number of hydrogen-bond acceptors (Lipinski definition) is 3. The molecule has 2 aromatic rings. The van der Waals surface area contributed by atoms with Gasteiger partial charge < -0.3 is 9.80 Å². The fourth-order valence-corrected chi connectivity index (χ4v) is 4.75. The van der Waals surface area contributed by atoms with Gasteiger partial charge in [-0.3, -0.25) is 9.59 Å². The number of carbonyl (C=O) groups excluding carboxylic acids is 2. The number of benzene rings is 1. The first-order valence-corrected chi connectivity index (χ1v) is 9.78. The Morgan fingerprint density at radius 1 is 1.19 bits per heavy atom. The van der Waals surface area contributed by atoms with Gasteiger partial charge in [0, 0.05) is 38.0 Å². The molecule has 26 heavy (non-hydrogen) atoms. The average Bonchev–Trinajstić information content (AvgIpc) is 3.24. The summed E-state index contributed by atoms with van der Waals surface area (Å²) < 4.78 is 13.4. The smallest absolute Gasteiger partial charge is 0.263 e. The van der Waals surface area contributed by atoms with Crippen LogP contribution in [-0.2, 0) is 11.3 Å². The highest BCUT2D eigenvalue weighted by atomic mass is 32.1. The van der Waals surface area contributed by atoms with Crippen LogP contribution in [0.4, 0.5) is 4.39 Å². The maximum Gasteiger partial charge on any atom is 0.263 e. The van der Waals surface area contributed by atoms with Crippen molar-refractivity contribution in [3.63, 3.8) is 0 Å². The molecule has 0 unspecified atom stereocenters. The van der Waals surface area contributed by atoms with Gasteiger partial charge in [-0.05, 0) is 42.0 Å². The summed E-state index contributed by atoms with van der Waals surface area (Å²) in [4.78, 5) is 29.5. The van der Waals surface area contributed by atoms with Crippen molar-refractivity contribution in [3.05, 3.63) is 58.0 Å². The van der Waals surface area contributed by atoms with E-state index >= 15 is 0 Å². The molecule has 0 atom stereocenters. The molecule has 4 nitrogen and oxygen atoms in total. The zero-order valence-electron chi connectivity index (χ0n) is 14.5. The Labute approximate surface area is 156 Å². The first-order chi connectivity index (χ1) is 12.5. The van der Waals surface area contributed by atoms with Crippen LogP contribution in [0.3, 0.4) is 0 Å². The van der Waals surface area contributed by atoms with E-state index in [2.05, 4.69) is 0 Å². The lowest BCUT2D eigenvalue weighted by Gasteiger charge is -2.38. The van der Waals surface area contributed by atoms with Crippen LogP contribution in [0.2, 0.25) is 0 Å². The molecule has 2 fully saturated rings. The largest absolute Gasteiger partial charge is 0.338 e. The summed E-state index contributed by atoms with van der Waals surface area (Å²) in [6.45, 7) is 2.54. The van der Waals surface area contributed by atoms with Gasteiger partial charge in [-0.2, -0.15) is 0 Å². The van der Waals surface area contributed by atoms with Gasteiger partial charge >= 0.3 is 0 Å². The molecule has 0 saturated carbocycles.